The lowest BCUT2D eigenvalue weighted by Crippen LogP contribution is -2.17. The van der Waals surface area contributed by atoms with Crippen LogP contribution in [-0.4, -0.2) is 17.1 Å². The second kappa shape index (κ2) is 8.78. The molecule has 0 aliphatic heterocycles. The van der Waals surface area contributed by atoms with Gasteiger partial charge in [0.15, 0.2) is 0 Å². The summed E-state index contributed by atoms with van der Waals surface area (Å²) in [5, 5.41) is 4.67. The van der Waals surface area contributed by atoms with Gasteiger partial charge in [-0.2, -0.15) is 5.10 Å². The maximum atomic E-state index is 11.9. The van der Waals surface area contributed by atoms with Gasteiger partial charge in [0.1, 0.15) is 12.4 Å². The molecule has 1 N–H and O–H groups in total. The maximum absolute atomic E-state index is 11.9. The van der Waals surface area contributed by atoms with Crippen LogP contribution in [0.1, 0.15) is 21.5 Å². The molecule has 0 saturated heterocycles. The quantitative estimate of drug-likeness (QED) is 0.529. The average molecular weight is 366 g/mol. The number of amides is 1. The van der Waals surface area contributed by atoms with Crippen molar-refractivity contribution in [2.24, 2.45) is 5.10 Å². The SMILES string of the molecule is O=C(NN=Cc1cccc(OCc2ccc(Cl)cc2)c1)c1ccncc1. The minimum absolute atomic E-state index is 0.293. The van der Waals surface area contributed by atoms with Crippen molar-refractivity contribution in [1.29, 1.82) is 0 Å². The van der Waals surface area contributed by atoms with E-state index < -0.39 is 0 Å². The number of nitrogens with one attached hydrogen (secondary N) is 1. The lowest BCUT2D eigenvalue weighted by atomic mass is 10.2. The summed E-state index contributed by atoms with van der Waals surface area (Å²) < 4.78 is 5.77. The second-order valence-corrected chi connectivity index (χ2v) is 5.86. The molecule has 130 valence electrons. The molecule has 3 aromatic rings. The number of halogens is 1. The first-order valence-electron chi connectivity index (χ1n) is 7.91. The molecule has 0 bridgehead atoms. The number of benzene rings is 2. The predicted octanol–water partition coefficient (Wildman–Crippen LogP) is 4.08. The molecule has 0 atom stereocenters. The summed E-state index contributed by atoms with van der Waals surface area (Å²) in [6, 6.07) is 18.2. The molecule has 6 heteroatoms. The number of nitrogens with zero attached hydrogens (tertiary/aromatic N) is 2. The molecular formula is C20H16ClN3O2. The molecular weight excluding hydrogens is 350 g/mol. The van der Waals surface area contributed by atoms with Crippen LogP contribution in [0.4, 0.5) is 0 Å². The molecule has 0 unspecified atom stereocenters. The predicted molar refractivity (Wildman–Crippen MR) is 102 cm³/mol. The first-order chi connectivity index (χ1) is 12.7. The molecule has 2 aromatic carbocycles. The van der Waals surface area contributed by atoms with Crippen LogP contribution in [0, 0.1) is 0 Å². The standard InChI is InChI=1S/C20H16ClN3O2/c21-18-6-4-15(5-7-18)14-26-19-3-1-2-16(12-19)13-23-24-20(25)17-8-10-22-11-9-17/h1-13H,14H2,(H,24,25). The Labute approximate surface area is 156 Å². The van der Waals surface area contributed by atoms with Crippen LogP contribution in [-0.2, 0) is 6.61 Å². The van der Waals surface area contributed by atoms with Gasteiger partial charge >= 0.3 is 0 Å². The van der Waals surface area contributed by atoms with Crippen LogP contribution in [0.2, 0.25) is 5.02 Å². The van der Waals surface area contributed by atoms with Crippen molar-refractivity contribution in [3.63, 3.8) is 0 Å². The number of carbonyl (C=O) groups excluding carboxylic acids is 1. The van der Waals surface area contributed by atoms with Crippen LogP contribution in [0.3, 0.4) is 0 Å². The van der Waals surface area contributed by atoms with Crippen molar-refractivity contribution in [3.05, 3.63) is 94.8 Å². The van der Waals surface area contributed by atoms with Crippen molar-refractivity contribution in [2.45, 2.75) is 6.61 Å². The van der Waals surface area contributed by atoms with Crippen LogP contribution < -0.4 is 10.2 Å². The van der Waals surface area contributed by atoms with E-state index in [0.717, 1.165) is 11.1 Å². The molecule has 26 heavy (non-hydrogen) atoms. The third-order valence-electron chi connectivity index (χ3n) is 3.50. The van der Waals surface area contributed by atoms with Gasteiger partial charge in [0.05, 0.1) is 6.21 Å². The van der Waals surface area contributed by atoms with Crippen molar-refractivity contribution in [1.82, 2.24) is 10.4 Å². The fourth-order valence-electron chi connectivity index (χ4n) is 2.17. The van der Waals surface area contributed by atoms with Crippen LogP contribution >= 0.6 is 11.6 Å². The van der Waals surface area contributed by atoms with Crippen molar-refractivity contribution in [3.8, 4) is 5.75 Å². The summed E-state index contributed by atoms with van der Waals surface area (Å²) in [5.41, 5.74) is 4.82. The Morgan fingerprint density at radius 2 is 1.88 bits per heavy atom. The van der Waals surface area contributed by atoms with Crippen molar-refractivity contribution in [2.75, 3.05) is 0 Å². The Kier molecular flexibility index (Phi) is 5.96. The monoisotopic (exact) mass is 365 g/mol. The molecule has 5 nitrogen and oxygen atoms in total. The Balaban J connectivity index is 1.56. The number of hydrogen-bond donors (Lipinski definition) is 1. The van der Waals surface area contributed by atoms with Crippen molar-refractivity contribution >= 4 is 23.7 Å². The first kappa shape index (κ1) is 17.6. The van der Waals surface area contributed by atoms with E-state index in [1.807, 2.05) is 48.5 Å². The summed E-state index contributed by atoms with van der Waals surface area (Å²) in [4.78, 5) is 15.8. The lowest BCUT2D eigenvalue weighted by molar-refractivity contribution is 0.0955. The van der Waals surface area contributed by atoms with E-state index in [9.17, 15) is 4.79 Å². The van der Waals surface area contributed by atoms with Gasteiger partial charge in [0, 0.05) is 23.0 Å². The average Bonchev–Trinajstić information content (AvgIpc) is 2.68. The summed E-state index contributed by atoms with van der Waals surface area (Å²) in [5.74, 6) is 0.420. The smallest absolute Gasteiger partial charge is 0.271 e. The summed E-state index contributed by atoms with van der Waals surface area (Å²) in [6.07, 6.45) is 4.68. The van der Waals surface area contributed by atoms with E-state index in [-0.39, 0.29) is 5.91 Å². The Morgan fingerprint density at radius 1 is 1.12 bits per heavy atom. The van der Waals surface area contributed by atoms with Crippen LogP contribution in [0.15, 0.2) is 78.2 Å². The van der Waals surface area contributed by atoms with E-state index in [0.29, 0.717) is 22.9 Å². The molecule has 1 aromatic heterocycles. The van der Waals surface area contributed by atoms with Gasteiger partial charge in [0.25, 0.3) is 5.91 Å². The zero-order valence-electron chi connectivity index (χ0n) is 13.8. The highest BCUT2D eigenvalue weighted by molar-refractivity contribution is 6.30. The number of rotatable bonds is 6. The third kappa shape index (κ3) is 5.16. The van der Waals surface area contributed by atoms with Gasteiger partial charge in [-0.3, -0.25) is 9.78 Å². The number of pyridine rings is 1. The number of hydrazone groups is 1. The summed E-state index contributed by atoms with van der Waals surface area (Å²) in [6.45, 7) is 0.441. The van der Waals surface area contributed by atoms with Gasteiger partial charge in [-0.25, -0.2) is 5.43 Å². The fourth-order valence-corrected chi connectivity index (χ4v) is 2.29. The molecule has 0 aliphatic carbocycles. The van der Waals surface area contributed by atoms with Gasteiger partial charge in [-0.15, -0.1) is 0 Å². The van der Waals surface area contributed by atoms with Gasteiger partial charge in [-0.05, 0) is 47.5 Å². The fraction of sp³-hybridized carbons (Fsp3) is 0.0500. The van der Waals surface area contributed by atoms with E-state index in [1.165, 1.54) is 0 Å². The molecule has 0 radical (unpaired) electrons. The number of aromatic nitrogens is 1. The number of carbonyl (C=O) groups is 1. The normalized spacial score (nSPS) is 10.7. The second-order valence-electron chi connectivity index (χ2n) is 5.42. The van der Waals surface area contributed by atoms with Gasteiger partial charge in [0.2, 0.25) is 0 Å². The lowest BCUT2D eigenvalue weighted by Gasteiger charge is -2.07. The molecule has 3 rings (SSSR count). The zero-order chi connectivity index (χ0) is 18.2. The van der Waals surface area contributed by atoms with Crippen LogP contribution in [0.5, 0.6) is 5.75 Å². The van der Waals surface area contributed by atoms with E-state index in [4.69, 9.17) is 16.3 Å². The highest BCUT2D eigenvalue weighted by Gasteiger charge is 2.02. The molecule has 1 heterocycles. The van der Waals surface area contributed by atoms with E-state index >= 15 is 0 Å². The highest BCUT2D eigenvalue weighted by atomic mass is 35.5. The largest absolute Gasteiger partial charge is 0.489 e. The highest BCUT2D eigenvalue weighted by Crippen LogP contribution is 2.15. The van der Waals surface area contributed by atoms with E-state index in [1.54, 1.807) is 30.7 Å². The molecule has 0 aliphatic rings. The number of ether oxygens (including phenoxy) is 1. The topological polar surface area (TPSA) is 63.6 Å². The Hall–Kier alpha value is -3.18. The molecule has 0 spiro atoms. The number of hydrogen-bond acceptors (Lipinski definition) is 4. The minimum Gasteiger partial charge on any atom is -0.489 e. The Morgan fingerprint density at radius 3 is 2.65 bits per heavy atom. The summed E-state index contributed by atoms with van der Waals surface area (Å²) >= 11 is 5.87. The maximum Gasteiger partial charge on any atom is 0.271 e. The molecule has 0 saturated carbocycles. The third-order valence-corrected chi connectivity index (χ3v) is 3.75. The minimum atomic E-state index is -0.293. The van der Waals surface area contributed by atoms with E-state index in [2.05, 4.69) is 15.5 Å². The Bertz CT molecular complexity index is 896. The van der Waals surface area contributed by atoms with Crippen molar-refractivity contribution < 1.29 is 9.53 Å². The first-order valence-corrected chi connectivity index (χ1v) is 8.29. The van der Waals surface area contributed by atoms with Gasteiger partial charge < -0.3 is 4.74 Å². The molecule has 1 amide bonds. The van der Waals surface area contributed by atoms with Crippen LogP contribution in [0.25, 0.3) is 0 Å². The zero-order valence-corrected chi connectivity index (χ0v) is 14.6. The molecule has 0 fully saturated rings. The summed E-state index contributed by atoms with van der Waals surface area (Å²) in [7, 11) is 0. The van der Waals surface area contributed by atoms with Gasteiger partial charge in [-0.1, -0.05) is 35.9 Å².